The van der Waals surface area contributed by atoms with Crippen molar-refractivity contribution in [2.24, 2.45) is 0 Å². The van der Waals surface area contributed by atoms with Crippen molar-refractivity contribution in [2.75, 3.05) is 6.54 Å². The molecule has 1 aromatic rings. The van der Waals surface area contributed by atoms with E-state index in [1.807, 2.05) is 0 Å². The van der Waals surface area contributed by atoms with Crippen LogP contribution in [-0.2, 0) is 10.9 Å². The lowest BCUT2D eigenvalue weighted by Gasteiger charge is -2.23. The third kappa shape index (κ3) is 6.15. The minimum Gasteiger partial charge on any atom is -0.444 e. The number of nitro benzene ring substituents is 1. The third-order valence-corrected chi connectivity index (χ3v) is 3.09. The highest BCUT2D eigenvalue weighted by atomic mass is 19.4. The zero-order chi connectivity index (χ0) is 20.3. The van der Waals surface area contributed by atoms with Gasteiger partial charge in [-0.05, 0) is 26.8 Å². The lowest BCUT2D eigenvalue weighted by molar-refractivity contribution is -0.385. The third-order valence-electron chi connectivity index (χ3n) is 3.09. The number of hydrogen-bond acceptors (Lipinski definition) is 6. The SMILES string of the molecule is CC(C)(C)OC(=O)NCC(O)C(O)c1cc([N+](=O)[O-])ccc1C(F)(F)F. The van der Waals surface area contributed by atoms with E-state index in [2.05, 4.69) is 5.32 Å². The van der Waals surface area contributed by atoms with Gasteiger partial charge in [-0.2, -0.15) is 13.2 Å². The number of halogens is 3. The molecule has 0 aliphatic carbocycles. The highest BCUT2D eigenvalue weighted by Gasteiger charge is 2.37. The molecule has 0 fully saturated rings. The monoisotopic (exact) mass is 380 g/mol. The Labute approximate surface area is 146 Å². The molecular weight excluding hydrogens is 361 g/mol. The van der Waals surface area contributed by atoms with Crippen molar-refractivity contribution in [1.29, 1.82) is 0 Å². The van der Waals surface area contributed by atoms with Crippen LogP contribution < -0.4 is 5.32 Å². The zero-order valence-corrected chi connectivity index (χ0v) is 14.2. The van der Waals surface area contributed by atoms with E-state index in [4.69, 9.17) is 4.74 Å². The van der Waals surface area contributed by atoms with Gasteiger partial charge in [-0.25, -0.2) is 4.79 Å². The summed E-state index contributed by atoms with van der Waals surface area (Å²) in [5, 5.41) is 32.8. The van der Waals surface area contributed by atoms with Crippen LogP contribution in [0.2, 0.25) is 0 Å². The van der Waals surface area contributed by atoms with E-state index in [-0.39, 0.29) is 0 Å². The quantitative estimate of drug-likeness (QED) is 0.533. The summed E-state index contributed by atoms with van der Waals surface area (Å²) in [7, 11) is 0. The highest BCUT2D eigenvalue weighted by Crippen LogP contribution is 2.37. The summed E-state index contributed by atoms with van der Waals surface area (Å²) in [6.45, 7) is 4.11. The number of nitrogens with one attached hydrogen (secondary N) is 1. The number of aliphatic hydroxyl groups is 2. The number of nitrogens with zero attached hydrogens (tertiary/aromatic N) is 1. The van der Waals surface area contributed by atoms with E-state index in [0.717, 1.165) is 0 Å². The molecule has 0 aliphatic rings. The highest BCUT2D eigenvalue weighted by molar-refractivity contribution is 5.67. The molecule has 0 radical (unpaired) electrons. The van der Waals surface area contributed by atoms with Gasteiger partial charge in [-0.1, -0.05) is 0 Å². The Kier molecular flexibility index (Phi) is 6.55. The lowest BCUT2D eigenvalue weighted by atomic mass is 9.97. The second-order valence-corrected chi connectivity index (χ2v) is 6.42. The first-order valence-electron chi connectivity index (χ1n) is 7.41. The van der Waals surface area contributed by atoms with Gasteiger partial charge in [0.05, 0.1) is 10.5 Å². The van der Waals surface area contributed by atoms with Crippen LogP contribution in [0.1, 0.15) is 38.0 Å². The Balaban J connectivity index is 2.99. The van der Waals surface area contributed by atoms with E-state index < -0.39 is 58.4 Å². The molecular formula is C15H19F3N2O6. The van der Waals surface area contributed by atoms with Crippen molar-refractivity contribution in [3.8, 4) is 0 Å². The Bertz CT molecular complexity index is 672. The number of nitro groups is 1. The molecule has 0 aromatic heterocycles. The van der Waals surface area contributed by atoms with Crippen molar-refractivity contribution in [3.05, 3.63) is 39.4 Å². The molecule has 0 saturated heterocycles. The number of rotatable bonds is 5. The maximum Gasteiger partial charge on any atom is 0.416 e. The first kappa shape index (κ1) is 21.6. The molecule has 26 heavy (non-hydrogen) atoms. The Morgan fingerprint density at radius 1 is 1.31 bits per heavy atom. The molecule has 1 aromatic carbocycles. The maximum atomic E-state index is 13.1. The van der Waals surface area contributed by atoms with E-state index in [9.17, 15) is 38.3 Å². The van der Waals surface area contributed by atoms with Crippen molar-refractivity contribution in [3.63, 3.8) is 0 Å². The van der Waals surface area contributed by atoms with Crippen molar-refractivity contribution >= 4 is 11.8 Å². The van der Waals surface area contributed by atoms with Gasteiger partial charge >= 0.3 is 12.3 Å². The van der Waals surface area contributed by atoms with Crippen LogP contribution in [0.3, 0.4) is 0 Å². The van der Waals surface area contributed by atoms with Crippen LogP contribution in [0.5, 0.6) is 0 Å². The van der Waals surface area contributed by atoms with E-state index >= 15 is 0 Å². The normalized spacial score (nSPS) is 14.5. The molecule has 0 heterocycles. The van der Waals surface area contributed by atoms with Gasteiger partial charge in [0.1, 0.15) is 17.8 Å². The number of aliphatic hydroxyl groups excluding tert-OH is 2. The number of non-ortho nitro benzene ring substituents is 1. The number of ether oxygens (including phenoxy) is 1. The number of benzene rings is 1. The summed E-state index contributed by atoms with van der Waals surface area (Å²) >= 11 is 0. The van der Waals surface area contributed by atoms with E-state index in [1.165, 1.54) is 0 Å². The van der Waals surface area contributed by atoms with Crippen LogP contribution in [0.4, 0.5) is 23.7 Å². The zero-order valence-electron chi connectivity index (χ0n) is 14.2. The van der Waals surface area contributed by atoms with Crippen LogP contribution in [0.25, 0.3) is 0 Å². The summed E-state index contributed by atoms with van der Waals surface area (Å²) < 4.78 is 44.0. The molecule has 146 valence electrons. The second kappa shape index (κ2) is 7.87. The van der Waals surface area contributed by atoms with Gasteiger partial charge in [-0.3, -0.25) is 10.1 Å². The largest absolute Gasteiger partial charge is 0.444 e. The predicted octanol–water partition coefficient (Wildman–Crippen LogP) is 2.53. The molecule has 3 N–H and O–H groups in total. The number of alkyl carbamates (subject to hydrolysis) is 1. The summed E-state index contributed by atoms with van der Waals surface area (Å²) in [6, 6.07) is 1.62. The summed E-state index contributed by atoms with van der Waals surface area (Å²) in [6.07, 6.45) is -9.82. The molecule has 0 saturated carbocycles. The van der Waals surface area contributed by atoms with Gasteiger partial charge in [0.2, 0.25) is 0 Å². The molecule has 1 rings (SSSR count). The summed E-state index contributed by atoms with van der Waals surface area (Å²) in [5.74, 6) is 0. The topological polar surface area (TPSA) is 122 Å². The standard InChI is InChI=1S/C15H19F3N2O6/c1-14(2,3)26-13(23)19-7-11(21)12(22)9-6-8(20(24)25)4-5-10(9)15(16,17)18/h4-6,11-12,21-22H,7H2,1-3H3,(H,19,23). The Morgan fingerprint density at radius 3 is 2.35 bits per heavy atom. The number of hydrogen-bond donors (Lipinski definition) is 3. The number of alkyl halides is 3. The molecule has 8 nitrogen and oxygen atoms in total. The fourth-order valence-corrected chi connectivity index (χ4v) is 1.99. The van der Waals surface area contributed by atoms with Crippen molar-refractivity contribution in [1.82, 2.24) is 5.32 Å². The van der Waals surface area contributed by atoms with Gasteiger partial charge in [-0.15, -0.1) is 0 Å². The minimum atomic E-state index is -4.90. The van der Waals surface area contributed by atoms with Crippen LogP contribution in [0.15, 0.2) is 18.2 Å². The van der Waals surface area contributed by atoms with Crippen LogP contribution >= 0.6 is 0 Å². The van der Waals surface area contributed by atoms with Gasteiger partial charge in [0.25, 0.3) is 5.69 Å². The molecule has 2 unspecified atom stereocenters. The van der Waals surface area contributed by atoms with Crippen molar-refractivity contribution in [2.45, 2.75) is 44.8 Å². The fourth-order valence-electron chi connectivity index (χ4n) is 1.99. The van der Waals surface area contributed by atoms with E-state index in [0.29, 0.717) is 18.2 Å². The fraction of sp³-hybridized carbons (Fsp3) is 0.533. The molecule has 11 heteroatoms. The van der Waals surface area contributed by atoms with Crippen molar-refractivity contribution < 1.29 is 37.8 Å². The molecule has 1 amide bonds. The first-order valence-corrected chi connectivity index (χ1v) is 7.41. The maximum absolute atomic E-state index is 13.1. The Hall–Kier alpha value is -2.40. The molecule has 0 spiro atoms. The average Bonchev–Trinajstić information content (AvgIpc) is 2.48. The predicted molar refractivity (Wildman–Crippen MR) is 83.3 cm³/mol. The van der Waals surface area contributed by atoms with Gasteiger partial charge < -0.3 is 20.3 Å². The van der Waals surface area contributed by atoms with Crippen LogP contribution in [-0.4, -0.2) is 39.5 Å². The van der Waals surface area contributed by atoms with E-state index in [1.54, 1.807) is 20.8 Å². The number of carbonyl (C=O) groups excluding carboxylic acids is 1. The second-order valence-electron chi connectivity index (χ2n) is 6.42. The summed E-state index contributed by atoms with van der Waals surface area (Å²) in [4.78, 5) is 21.3. The minimum absolute atomic E-state index is 0.449. The van der Waals surface area contributed by atoms with Gasteiger partial charge in [0.15, 0.2) is 0 Å². The first-order chi connectivity index (χ1) is 11.7. The number of carbonyl (C=O) groups is 1. The molecule has 0 bridgehead atoms. The average molecular weight is 380 g/mol. The molecule has 2 atom stereocenters. The molecule has 0 aliphatic heterocycles. The smallest absolute Gasteiger partial charge is 0.416 e. The lowest BCUT2D eigenvalue weighted by Crippen LogP contribution is -2.39. The van der Waals surface area contributed by atoms with Gasteiger partial charge in [0, 0.05) is 24.2 Å². The van der Waals surface area contributed by atoms with Crippen LogP contribution in [0, 0.1) is 10.1 Å². The number of amides is 1. The Morgan fingerprint density at radius 2 is 1.88 bits per heavy atom. The summed E-state index contributed by atoms with van der Waals surface area (Å²) in [5.41, 5.74) is -3.71.